The van der Waals surface area contributed by atoms with Crippen LogP contribution in [-0.4, -0.2) is 18.1 Å². The highest BCUT2D eigenvalue weighted by Gasteiger charge is 2.12. The second kappa shape index (κ2) is 7.86. The van der Waals surface area contributed by atoms with E-state index in [1.54, 1.807) is 0 Å². The molecule has 2 aliphatic rings. The zero-order valence-electron chi connectivity index (χ0n) is 10.0. The van der Waals surface area contributed by atoms with Crippen LogP contribution in [0.25, 0.3) is 0 Å². The van der Waals surface area contributed by atoms with Crippen LogP contribution in [0.4, 0.5) is 0 Å². The van der Waals surface area contributed by atoms with E-state index in [2.05, 4.69) is 16.0 Å². The third kappa shape index (κ3) is 4.67. The van der Waals surface area contributed by atoms with Crippen molar-refractivity contribution in [3.63, 3.8) is 0 Å². The normalized spacial score (nSPS) is 23.0. The molecule has 92 valence electrons. The van der Waals surface area contributed by atoms with Gasteiger partial charge in [0, 0.05) is 0 Å². The molecule has 0 saturated heterocycles. The molecule has 0 radical (unpaired) electrons. The molecular weight excluding hydrogens is 220 g/mol. The molecule has 0 amide bonds. The molecule has 2 fully saturated rings. The van der Waals surface area contributed by atoms with Crippen molar-refractivity contribution in [3.8, 4) is 0 Å². The van der Waals surface area contributed by atoms with Crippen molar-refractivity contribution < 1.29 is 0 Å². The quantitative estimate of drug-likeness (QED) is 0.647. The molecule has 0 unspecified atom stereocenters. The Hall–Kier alpha value is -0.330. The summed E-state index contributed by atoms with van der Waals surface area (Å²) in [6.07, 6.45) is 13.2. The molecule has 0 atom stereocenters. The number of hydrogen-bond acceptors (Lipinski definition) is 2. The number of rotatable bonds is 2. The molecule has 0 aromatic heterocycles. The van der Waals surface area contributed by atoms with Gasteiger partial charge in [0.1, 0.15) is 0 Å². The van der Waals surface area contributed by atoms with E-state index in [0.717, 1.165) is 0 Å². The molecule has 0 aromatic rings. The van der Waals surface area contributed by atoms with Gasteiger partial charge in [-0.1, -0.05) is 38.5 Å². The molecule has 0 N–H and O–H groups in total. The van der Waals surface area contributed by atoms with E-state index in [1.807, 2.05) is 0 Å². The van der Waals surface area contributed by atoms with Crippen LogP contribution in [0.2, 0.25) is 0 Å². The first-order chi connectivity index (χ1) is 7.45. The van der Waals surface area contributed by atoms with Crippen LogP contribution in [0, 0.1) is 0 Å². The average molecular weight is 243 g/mol. The molecule has 16 heavy (non-hydrogen) atoms. The summed E-state index contributed by atoms with van der Waals surface area (Å²) >= 11 is 0. The van der Waals surface area contributed by atoms with Gasteiger partial charge in [-0.15, -0.1) is 12.4 Å². The summed E-state index contributed by atoms with van der Waals surface area (Å²) in [5.41, 5.74) is 0. The van der Waals surface area contributed by atoms with Crippen molar-refractivity contribution in [2.24, 2.45) is 9.98 Å². The van der Waals surface area contributed by atoms with E-state index in [9.17, 15) is 0 Å². The van der Waals surface area contributed by atoms with Gasteiger partial charge in [0.25, 0.3) is 0 Å². The lowest BCUT2D eigenvalue weighted by Crippen LogP contribution is -2.10. The fourth-order valence-electron chi connectivity index (χ4n) is 2.62. The van der Waals surface area contributed by atoms with Gasteiger partial charge >= 0.3 is 0 Å². The van der Waals surface area contributed by atoms with E-state index in [4.69, 9.17) is 0 Å². The first-order valence-electron chi connectivity index (χ1n) is 6.60. The Morgan fingerprint density at radius 1 is 0.625 bits per heavy atom. The lowest BCUT2D eigenvalue weighted by atomic mass is 9.96. The number of hydrogen-bond donors (Lipinski definition) is 0. The molecule has 2 saturated carbocycles. The van der Waals surface area contributed by atoms with Crippen molar-refractivity contribution in [1.82, 2.24) is 0 Å². The molecule has 0 aromatic carbocycles. The summed E-state index contributed by atoms with van der Waals surface area (Å²) in [6.45, 7) is 0. The van der Waals surface area contributed by atoms with E-state index >= 15 is 0 Å². The van der Waals surface area contributed by atoms with Gasteiger partial charge in [-0.05, 0) is 25.7 Å². The highest BCUT2D eigenvalue weighted by molar-refractivity contribution is 5.85. The molecular formula is C13H23ClN2. The monoisotopic (exact) mass is 242 g/mol. The van der Waals surface area contributed by atoms with Gasteiger partial charge in [-0.3, -0.25) is 0 Å². The van der Waals surface area contributed by atoms with Gasteiger partial charge in [-0.2, -0.15) is 0 Å². The minimum absolute atomic E-state index is 0. The third-order valence-electron chi connectivity index (χ3n) is 3.63. The summed E-state index contributed by atoms with van der Waals surface area (Å²) in [6, 6.07) is 4.04. The Balaban J connectivity index is 0.00000128. The summed E-state index contributed by atoms with van der Waals surface area (Å²) in [4.78, 5) is 8.92. The lowest BCUT2D eigenvalue weighted by molar-refractivity contribution is 0.438. The SMILES string of the molecule is C(=NC1CCCCC1)=NC1CCCCC1.Cl. The van der Waals surface area contributed by atoms with Crippen LogP contribution < -0.4 is 0 Å². The standard InChI is InChI=1S/C13H22N2.ClH/c1-3-7-12(8-4-1)14-11-15-13-9-5-2-6-10-13;/h12-13H,1-10H2;1H. The number of aliphatic imine (C=N–C) groups is 2. The Kier molecular flexibility index (Phi) is 6.75. The smallest absolute Gasteiger partial charge is 0.0898 e. The third-order valence-corrected chi connectivity index (χ3v) is 3.63. The lowest BCUT2D eigenvalue weighted by Gasteiger charge is -2.17. The minimum atomic E-state index is 0. The Labute approximate surface area is 105 Å². The van der Waals surface area contributed by atoms with Crippen LogP contribution in [0.1, 0.15) is 64.2 Å². The van der Waals surface area contributed by atoms with Gasteiger partial charge in [0.05, 0.1) is 18.1 Å². The highest BCUT2D eigenvalue weighted by atomic mass is 35.5. The van der Waals surface area contributed by atoms with Gasteiger partial charge in [0.15, 0.2) is 0 Å². The second-order valence-electron chi connectivity index (χ2n) is 4.94. The summed E-state index contributed by atoms with van der Waals surface area (Å²) < 4.78 is 0. The number of halogens is 1. The molecule has 2 nitrogen and oxygen atoms in total. The molecule has 2 rings (SSSR count). The first kappa shape index (κ1) is 13.7. The van der Waals surface area contributed by atoms with Crippen LogP contribution in [0.5, 0.6) is 0 Å². The van der Waals surface area contributed by atoms with Crippen molar-refractivity contribution >= 4 is 18.4 Å². The average Bonchev–Trinajstić information content (AvgIpc) is 2.32. The molecule has 2 aliphatic carbocycles. The van der Waals surface area contributed by atoms with Crippen LogP contribution in [0.3, 0.4) is 0 Å². The van der Waals surface area contributed by atoms with Gasteiger partial charge in [-0.25, -0.2) is 9.98 Å². The highest BCUT2D eigenvalue weighted by Crippen LogP contribution is 2.21. The van der Waals surface area contributed by atoms with Crippen LogP contribution in [0.15, 0.2) is 9.98 Å². The number of nitrogens with zero attached hydrogens (tertiary/aromatic N) is 2. The summed E-state index contributed by atoms with van der Waals surface area (Å²) in [7, 11) is 0. The van der Waals surface area contributed by atoms with E-state index in [0.29, 0.717) is 12.1 Å². The first-order valence-corrected chi connectivity index (χ1v) is 6.60. The van der Waals surface area contributed by atoms with Crippen molar-refractivity contribution in [2.45, 2.75) is 76.3 Å². The van der Waals surface area contributed by atoms with Gasteiger partial charge < -0.3 is 0 Å². The maximum absolute atomic E-state index is 4.46. The molecule has 0 bridgehead atoms. The Morgan fingerprint density at radius 2 is 1.00 bits per heavy atom. The summed E-state index contributed by atoms with van der Waals surface area (Å²) in [5, 5.41) is 0. The molecule has 0 spiro atoms. The Bertz CT molecular complexity index is 212. The predicted molar refractivity (Wildman–Crippen MR) is 70.9 cm³/mol. The fourth-order valence-corrected chi connectivity index (χ4v) is 2.62. The Morgan fingerprint density at radius 3 is 1.38 bits per heavy atom. The minimum Gasteiger partial charge on any atom is -0.222 e. The maximum Gasteiger partial charge on any atom is 0.0898 e. The van der Waals surface area contributed by atoms with Crippen LogP contribution in [-0.2, 0) is 0 Å². The summed E-state index contributed by atoms with van der Waals surface area (Å²) in [5.74, 6) is 0. The van der Waals surface area contributed by atoms with E-state index < -0.39 is 0 Å². The molecule has 0 aliphatic heterocycles. The predicted octanol–water partition coefficient (Wildman–Crippen LogP) is 4.25. The molecule has 3 heteroatoms. The topological polar surface area (TPSA) is 24.7 Å². The van der Waals surface area contributed by atoms with Crippen molar-refractivity contribution in [1.29, 1.82) is 0 Å². The zero-order valence-corrected chi connectivity index (χ0v) is 10.8. The molecule has 0 heterocycles. The zero-order chi connectivity index (χ0) is 10.3. The second-order valence-corrected chi connectivity index (χ2v) is 4.94. The van der Waals surface area contributed by atoms with Gasteiger partial charge in [0.2, 0.25) is 0 Å². The fraction of sp³-hybridized carbons (Fsp3) is 0.923. The van der Waals surface area contributed by atoms with Crippen LogP contribution >= 0.6 is 12.4 Å². The van der Waals surface area contributed by atoms with E-state index in [-0.39, 0.29) is 12.4 Å². The largest absolute Gasteiger partial charge is 0.222 e. The maximum atomic E-state index is 4.46. The van der Waals surface area contributed by atoms with E-state index in [1.165, 1.54) is 64.2 Å². The van der Waals surface area contributed by atoms with Crippen molar-refractivity contribution in [2.75, 3.05) is 0 Å². The van der Waals surface area contributed by atoms with Crippen molar-refractivity contribution in [3.05, 3.63) is 0 Å².